The Hall–Kier alpha value is -2.90. The molecule has 3 aromatic heterocycles. The minimum Gasteiger partial charge on any atom is -0.348 e. The molecule has 1 amide bonds. The van der Waals surface area contributed by atoms with Crippen molar-refractivity contribution in [2.45, 2.75) is 46.3 Å². The molecule has 25 heavy (non-hydrogen) atoms. The summed E-state index contributed by atoms with van der Waals surface area (Å²) in [7, 11) is 0. The van der Waals surface area contributed by atoms with Crippen LogP contribution in [0.15, 0.2) is 30.6 Å². The van der Waals surface area contributed by atoms with Gasteiger partial charge in [0.2, 0.25) is 0 Å². The maximum absolute atomic E-state index is 12.3. The fourth-order valence-electron chi connectivity index (χ4n) is 2.68. The Morgan fingerprint density at radius 2 is 2.20 bits per heavy atom. The van der Waals surface area contributed by atoms with Crippen LogP contribution in [0.3, 0.4) is 0 Å². The summed E-state index contributed by atoms with van der Waals surface area (Å²) in [5.41, 5.74) is 3.29. The van der Waals surface area contributed by atoms with Crippen LogP contribution in [0.5, 0.6) is 0 Å². The van der Waals surface area contributed by atoms with Gasteiger partial charge in [-0.15, -0.1) is 0 Å². The van der Waals surface area contributed by atoms with Crippen LogP contribution in [0.2, 0.25) is 0 Å². The lowest BCUT2D eigenvalue weighted by Gasteiger charge is -2.12. The highest BCUT2D eigenvalue weighted by atomic mass is 16.2. The fourth-order valence-corrected chi connectivity index (χ4v) is 2.68. The Morgan fingerprint density at radius 3 is 2.88 bits per heavy atom. The van der Waals surface area contributed by atoms with E-state index < -0.39 is 0 Å². The molecular weight excluding hydrogens is 318 g/mol. The van der Waals surface area contributed by atoms with E-state index in [-0.39, 0.29) is 11.9 Å². The maximum Gasteiger partial charge on any atom is 0.271 e. The molecule has 0 fully saturated rings. The molecule has 2 N–H and O–H groups in total. The Kier molecular flexibility index (Phi) is 4.97. The van der Waals surface area contributed by atoms with Crippen LogP contribution < -0.4 is 5.32 Å². The van der Waals surface area contributed by atoms with E-state index in [0.29, 0.717) is 12.2 Å². The van der Waals surface area contributed by atoms with Crippen molar-refractivity contribution in [3.63, 3.8) is 0 Å². The number of hydrogen-bond donors (Lipinski definition) is 2. The molecule has 1 atom stereocenters. The first kappa shape index (κ1) is 16.9. The Bertz CT molecular complexity index is 831. The predicted octanol–water partition coefficient (Wildman–Crippen LogP) is 1.68. The molecule has 0 saturated carbocycles. The third-order valence-corrected chi connectivity index (χ3v) is 4.01. The molecular formula is C17H23N7O. The largest absolute Gasteiger partial charge is 0.348 e. The first-order chi connectivity index (χ1) is 12.0. The quantitative estimate of drug-likeness (QED) is 0.684. The zero-order valence-corrected chi connectivity index (χ0v) is 14.7. The van der Waals surface area contributed by atoms with Gasteiger partial charge in [0.25, 0.3) is 5.91 Å². The number of hydrogen-bond acceptors (Lipinski definition) is 4. The van der Waals surface area contributed by atoms with Gasteiger partial charge in [-0.1, -0.05) is 0 Å². The summed E-state index contributed by atoms with van der Waals surface area (Å²) in [6.45, 7) is 7.27. The maximum atomic E-state index is 12.3. The van der Waals surface area contributed by atoms with Crippen molar-refractivity contribution in [1.82, 2.24) is 35.1 Å². The molecule has 132 valence electrons. The second-order valence-corrected chi connectivity index (χ2v) is 6.30. The van der Waals surface area contributed by atoms with Gasteiger partial charge in [-0.05, 0) is 45.4 Å². The third kappa shape index (κ3) is 4.34. The summed E-state index contributed by atoms with van der Waals surface area (Å²) in [5.74, 6) is -0.177. The zero-order chi connectivity index (χ0) is 17.8. The molecule has 0 bridgehead atoms. The molecule has 3 heterocycles. The summed E-state index contributed by atoms with van der Waals surface area (Å²) in [6.07, 6.45) is 4.46. The van der Waals surface area contributed by atoms with Crippen LogP contribution in [0.1, 0.15) is 40.9 Å². The second kappa shape index (κ2) is 7.33. The van der Waals surface area contributed by atoms with Crippen molar-refractivity contribution in [2.24, 2.45) is 0 Å². The summed E-state index contributed by atoms with van der Waals surface area (Å²) in [6, 6.07) is 5.71. The summed E-state index contributed by atoms with van der Waals surface area (Å²) in [4.78, 5) is 12.3. The van der Waals surface area contributed by atoms with E-state index in [1.807, 2.05) is 48.5 Å². The first-order valence-electron chi connectivity index (χ1n) is 8.35. The summed E-state index contributed by atoms with van der Waals surface area (Å²) >= 11 is 0. The summed E-state index contributed by atoms with van der Waals surface area (Å²) < 4.78 is 3.74. The average Bonchev–Trinajstić information content (AvgIpc) is 3.28. The number of carbonyl (C=O) groups is 1. The topological polar surface area (TPSA) is 93.4 Å². The molecule has 0 aliphatic rings. The lowest BCUT2D eigenvalue weighted by molar-refractivity contribution is 0.0932. The highest BCUT2D eigenvalue weighted by molar-refractivity contribution is 5.92. The zero-order valence-electron chi connectivity index (χ0n) is 14.7. The normalized spacial score (nSPS) is 12.3. The monoisotopic (exact) mass is 341 g/mol. The van der Waals surface area contributed by atoms with Gasteiger partial charge in [0.05, 0.1) is 17.9 Å². The van der Waals surface area contributed by atoms with Gasteiger partial charge in [-0.2, -0.15) is 15.3 Å². The van der Waals surface area contributed by atoms with E-state index in [2.05, 4.69) is 25.7 Å². The molecule has 8 heteroatoms. The molecule has 8 nitrogen and oxygen atoms in total. The molecule has 3 rings (SSSR count). The average molecular weight is 341 g/mol. The SMILES string of the molecule is Cc1cc(C)n(Cc2cc(C(=O)N[C@H](C)CCn3cccn3)n[nH]2)n1. The van der Waals surface area contributed by atoms with Crippen molar-refractivity contribution in [2.75, 3.05) is 0 Å². The third-order valence-electron chi connectivity index (χ3n) is 4.01. The minimum atomic E-state index is -0.177. The number of carbonyl (C=O) groups excluding carboxylic acids is 1. The van der Waals surface area contributed by atoms with Gasteiger partial charge >= 0.3 is 0 Å². The van der Waals surface area contributed by atoms with Crippen molar-refractivity contribution >= 4 is 5.91 Å². The van der Waals surface area contributed by atoms with Gasteiger partial charge in [0, 0.05) is 30.7 Å². The molecule has 0 aliphatic carbocycles. The highest BCUT2D eigenvalue weighted by Gasteiger charge is 2.14. The Balaban J connectivity index is 1.54. The van der Waals surface area contributed by atoms with Crippen LogP contribution in [0, 0.1) is 13.8 Å². The fraction of sp³-hybridized carbons (Fsp3) is 0.412. The number of aromatic amines is 1. The summed E-state index contributed by atoms with van der Waals surface area (Å²) in [5, 5.41) is 18.6. The first-order valence-corrected chi connectivity index (χ1v) is 8.35. The van der Waals surface area contributed by atoms with E-state index >= 15 is 0 Å². The van der Waals surface area contributed by atoms with E-state index in [1.54, 1.807) is 12.3 Å². The van der Waals surface area contributed by atoms with E-state index in [0.717, 1.165) is 30.0 Å². The van der Waals surface area contributed by atoms with Gasteiger partial charge in [-0.3, -0.25) is 19.3 Å². The lowest BCUT2D eigenvalue weighted by Crippen LogP contribution is -2.33. The number of H-pyrrole nitrogens is 1. The molecule has 0 radical (unpaired) electrons. The second-order valence-electron chi connectivity index (χ2n) is 6.30. The number of nitrogens with one attached hydrogen (secondary N) is 2. The molecule has 0 saturated heterocycles. The van der Waals surface area contributed by atoms with Crippen LogP contribution in [0.4, 0.5) is 0 Å². The van der Waals surface area contributed by atoms with Crippen LogP contribution >= 0.6 is 0 Å². The number of nitrogens with zero attached hydrogens (tertiary/aromatic N) is 5. The van der Waals surface area contributed by atoms with Crippen LogP contribution in [-0.2, 0) is 13.1 Å². The van der Waals surface area contributed by atoms with Gasteiger partial charge in [0.1, 0.15) is 5.69 Å². The molecule has 0 spiro atoms. The van der Waals surface area contributed by atoms with E-state index in [4.69, 9.17) is 0 Å². The van der Waals surface area contributed by atoms with Crippen LogP contribution in [-0.4, -0.2) is 41.7 Å². The number of amides is 1. The van der Waals surface area contributed by atoms with Crippen molar-refractivity contribution < 1.29 is 4.79 Å². The highest BCUT2D eigenvalue weighted by Crippen LogP contribution is 2.07. The van der Waals surface area contributed by atoms with Crippen LogP contribution in [0.25, 0.3) is 0 Å². The Morgan fingerprint density at radius 1 is 1.36 bits per heavy atom. The standard InChI is InChI=1S/C17H23N7O/c1-12(5-8-23-7-4-6-18-23)19-17(25)16-10-15(20-21-16)11-24-14(3)9-13(2)22-24/h4,6-7,9-10,12H,5,8,11H2,1-3H3,(H,19,25)(H,20,21)/t12-/m1/s1. The van der Waals surface area contributed by atoms with Gasteiger partial charge in [0.15, 0.2) is 0 Å². The number of rotatable bonds is 7. The van der Waals surface area contributed by atoms with Crippen molar-refractivity contribution in [3.05, 3.63) is 53.4 Å². The molecule has 3 aromatic rings. The number of aromatic nitrogens is 6. The van der Waals surface area contributed by atoms with Gasteiger partial charge < -0.3 is 5.32 Å². The van der Waals surface area contributed by atoms with E-state index in [9.17, 15) is 4.79 Å². The smallest absolute Gasteiger partial charge is 0.271 e. The minimum absolute atomic E-state index is 0.0351. The Labute approximate surface area is 146 Å². The predicted molar refractivity (Wildman–Crippen MR) is 93.2 cm³/mol. The van der Waals surface area contributed by atoms with Crippen molar-refractivity contribution in [3.8, 4) is 0 Å². The molecule has 0 aromatic carbocycles. The lowest BCUT2D eigenvalue weighted by atomic mass is 10.2. The van der Waals surface area contributed by atoms with E-state index in [1.165, 1.54) is 0 Å². The van der Waals surface area contributed by atoms with Crippen molar-refractivity contribution in [1.29, 1.82) is 0 Å². The molecule has 0 unspecified atom stereocenters. The molecule has 0 aliphatic heterocycles. The van der Waals surface area contributed by atoms with Gasteiger partial charge in [-0.25, -0.2) is 0 Å². The number of aryl methyl sites for hydroxylation is 3.